The van der Waals surface area contributed by atoms with Crippen LogP contribution in [-0.4, -0.2) is 0 Å². The lowest BCUT2D eigenvalue weighted by atomic mass is 9.65. The van der Waals surface area contributed by atoms with Gasteiger partial charge in [0.2, 0.25) is 0 Å². The van der Waals surface area contributed by atoms with E-state index in [4.69, 9.17) is 0 Å². The quantitative estimate of drug-likeness (QED) is 0.0670. The van der Waals surface area contributed by atoms with Gasteiger partial charge in [-0.2, -0.15) is 0 Å². The maximum Gasteiger partial charge on any atom is 0.0464 e. The molecule has 0 heteroatoms. The van der Waals surface area contributed by atoms with Crippen LogP contribution in [0.25, 0.3) is 22.3 Å². The Labute approximate surface area is 407 Å². The number of fused-ring (bicyclic) bond motifs is 7. The number of hydrogen-bond acceptors (Lipinski definition) is 0. The standard InChI is InChI=1S/C67H82/c1-10-12-14-18-26-50-40-51(27-19-15-13-11-2)42-55(41-50)67(63-38-48(5)46(3)36-59(63)60-37-47(4)49(6)39-64(60)67)35-25-17-16-24-34-66(54-32-33-56-52(44-54)43-53(56)45-65(7,8)9)61-30-22-20-28-57(61)58-29-21-23-31-62(58)66/h20-23,28-33,36-42,44,53H,10-19,24-27,34-35,43,45H2,1-9H3. The molecule has 6 aromatic rings. The SMILES string of the molecule is CCCCCCc1cc(CCCCCC)cc(C2(CCCCCCC3(c4ccc5c(c4)CC5CC(C)(C)C)c4ccccc4-c4ccccc43)c3cc(C)c(C)cc3-c3cc(C)c(C)cc32)c1. The van der Waals surface area contributed by atoms with E-state index in [1.54, 1.807) is 38.9 Å². The molecule has 1 atom stereocenters. The zero-order chi connectivity index (χ0) is 46.9. The number of rotatable bonds is 20. The Morgan fingerprint density at radius 1 is 0.448 bits per heavy atom. The summed E-state index contributed by atoms with van der Waals surface area (Å²) in [5.41, 5.74) is 27.0. The molecule has 67 heavy (non-hydrogen) atoms. The molecule has 0 spiro atoms. The molecule has 0 aliphatic heterocycles. The summed E-state index contributed by atoms with van der Waals surface area (Å²) in [6, 6.07) is 44.7. The summed E-state index contributed by atoms with van der Waals surface area (Å²) in [6.07, 6.45) is 22.4. The lowest BCUT2D eigenvalue weighted by molar-refractivity contribution is 0.323. The molecule has 0 nitrogen and oxygen atoms in total. The molecular weight excluding hydrogens is 805 g/mol. The van der Waals surface area contributed by atoms with E-state index in [0.717, 1.165) is 12.8 Å². The van der Waals surface area contributed by atoms with Crippen LogP contribution in [0.3, 0.4) is 0 Å². The molecule has 0 aromatic heterocycles. The van der Waals surface area contributed by atoms with Gasteiger partial charge in [-0.15, -0.1) is 0 Å². The highest BCUT2D eigenvalue weighted by molar-refractivity contribution is 5.86. The summed E-state index contributed by atoms with van der Waals surface area (Å²) < 4.78 is 0. The zero-order valence-corrected chi connectivity index (χ0v) is 43.2. The molecular formula is C67H82. The van der Waals surface area contributed by atoms with Crippen molar-refractivity contribution in [2.45, 2.75) is 195 Å². The minimum Gasteiger partial charge on any atom is -0.0654 e. The molecule has 1 unspecified atom stereocenters. The van der Waals surface area contributed by atoms with Gasteiger partial charge in [0.1, 0.15) is 0 Å². The summed E-state index contributed by atoms with van der Waals surface area (Å²) in [4.78, 5) is 0. The van der Waals surface area contributed by atoms with Crippen LogP contribution in [0.5, 0.6) is 0 Å². The van der Waals surface area contributed by atoms with Crippen molar-refractivity contribution < 1.29 is 0 Å². The largest absolute Gasteiger partial charge is 0.0654 e. The van der Waals surface area contributed by atoms with Crippen molar-refractivity contribution in [1.29, 1.82) is 0 Å². The van der Waals surface area contributed by atoms with Gasteiger partial charge < -0.3 is 0 Å². The third kappa shape index (κ3) is 9.06. The lowest BCUT2D eigenvalue weighted by Gasteiger charge is -2.38. The van der Waals surface area contributed by atoms with Crippen LogP contribution in [0.4, 0.5) is 0 Å². The average molecular weight is 887 g/mol. The molecule has 0 N–H and O–H groups in total. The van der Waals surface area contributed by atoms with Crippen LogP contribution in [0, 0.1) is 33.1 Å². The molecule has 9 rings (SSSR count). The predicted molar refractivity (Wildman–Crippen MR) is 289 cm³/mol. The number of hydrogen-bond donors (Lipinski definition) is 0. The van der Waals surface area contributed by atoms with E-state index in [2.05, 4.69) is 172 Å². The normalized spacial score (nSPS) is 16.0. The predicted octanol–water partition coefficient (Wildman–Crippen LogP) is 18.9. The van der Waals surface area contributed by atoms with Gasteiger partial charge in [0.05, 0.1) is 0 Å². The second-order valence-corrected chi connectivity index (χ2v) is 23.0. The lowest BCUT2D eigenvalue weighted by Crippen LogP contribution is -2.29. The second kappa shape index (κ2) is 19.7. The Balaban J connectivity index is 1.05. The third-order valence-corrected chi connectivity index (χ3v) is 17.0. The van der Waals surface area contributed by atoms with Crippen molar-refractivity contribution in [2.24, 2.45) is 5.41 Å². The summed E-state index contributed by atoms with van der Waals surface area (Å²) in [5.74, 6) is 0.691. The van der Waals surface area contributed by atoms with E-state index in [1.165, 1.54) is 164 Å². The van der Waals surface area contributed by atoms with Crippen molar-refractivity contribution >= 4 is 0 Å². The Hall–Kier alpha value is -4.68. The molecule has 3 aliphatic rings. The van der Waals surface area contributed by atoms with Crippen LogP contribution >= 0.6 is 0 Å². The van der Waals surface area contributed by atoms with Crippen LogP contribution in [0.15, 0.2) is 109 Å². The average Bonchev–Trinajstić information content (AvgIpc) is 3.73. The van der Waals surface area contributed by atoms with E-state index in [1.807, 2.05) is 0 Å². The summed E-state index contributed by atoms with van der Waals surface area (Å²) in [5, 5.41) is 0. The van der Waals surface area contributed by atoms with E-state index < -0.39 is 0 Å². The molecule has 350 valence electrons. The molecule has 0 bridgehead atoms. The smallest absolute Gasteiger partial charge is 0.0464 e. The minimum absolute atomic E-state index is 0.127. The maximum atomic E-state index is 2.68. The third-order valence-electron chi connectivity index (χ3n) is 17.0. The van der Waals surface area contributed by atoms with Crippen molar-refractivity contribution in [3.63, 3.8) is 0 Å². The van der Waals surface area contributed by atoms with Crippen LogP contribution < -0.4 is 0 Å². The molecule has 0 saturated heterocycles. The monoisotopic (exact) mass is 887 g/mol. The molecule has 0 saturated carbocycles. The summed E-state index contributed by atoms with van der Waals surface area (Å²) in [6.45, 7) is 21.2. The van der Waals surface area contributed by atoms with Gasteiger partial charge in [-0.25, -0.2) is 0 Å². The van der Waals surface area contributed by atoms with Gasteiger partial charge in [-0.1, -0.05) is 208 Å². The van der Waals surface area contributed by atoms with Gasteiger partial charge in [0.15, 0.2) is 0 Å². The van der Waals surface area contributed by atoms with E-state index in [0.29, 0.717) is 11.3 Å². The van der Waals surface area contributed by atoms with Crippen LogP contribution in [0.2, 0.25) is 0 Å². The minimum atomic E-state index is -0.166. The zero-order valence-electron chi connectivity index (χ0n) is 43.2. The molecule has 0 amide bonds. The van der Waals surface area contributed by atoms with Crippen molar-refractivity contribution in [1.82, 2.24) is 0 Å². The summed E-state index contributed by atoms with van der Waals surface area (Å²) >= 11 is 0. The van der Waals surface area contributed by atoms with E-state index >= 15 is 0 Å². The maximum absolute atomic E-state index is 2.68. The fourth-order valence-electron chi connectivity index (χ4n) is 13.3. The van der Waals surface area contributed by atoms with Crippen molar-refractivity contribution in [2.75, 3.05) is 0 Å². The Morgan fingerprint density at radius 2 is 0.925 bits per heavy atom. The molecule has 3 aliphatic carbocycles. The van der Waals surface area contributed by atoms with E-state index in [9.17, 15) is 0 Å². The Bertz CT molecular complexity index is 2580. The fraction of sp³-hybridized carbons (Fsp3) is 0.463. The molecule has 0 fully saturated rings. The Kier molecular flexibility index (Phi) is 14.0. The number of unbranched alkanes of at least 4 members (excludes halogenated alkanes) is 9. The first-order chi connectivity index (χ1) is 32.4. The van der Waals surface area contributed by atoms with Gasteiger partial charge in [0.25, 0.3) is 0 Å². The van der Waals surface area contributed by atoms with Gasteiger partial charge >= 0.3 is 0 Å². The first-order valence-corrected chi connectivity index (χ1v) is 27.1. The van der Waals surface area contributed by atoms with Crippen molar-refractivity contribution in [3.05, 3.63) is 187 Å². The van der Waals surface area contributed by atoms with Crippen molar-refractivity contribution in [3.8, 4) is 22.3 Å². The topological polar surface area (TPSA) is 0 Å². The van der Waals surface area contributed by atoms with Gasteiger partial charge in [-0.05, 0) is 191 Å². The first kappa shape index (κ1) is 47.4. The fourth-order valence-corrected chi connectivity index (χ4v) is 13.3. The van der Waals surface area contributed by atoms with Crippen LogP contribution in [-0.2, 0) is 30.1 Å². The second-order valence-electron chi connectivity index (χ2n) is 23.0. The highest BCUT2D eigenvalue weighted by atomic mass is 14.5. The highest BCUT2D eigenvalue weighted by Gasteiger charge is 2.47. The van der Waals surface area contributed by atoms with Gasteiger partial charge in [0, 0.05) is 10.8 Å². The molecule has 6 aromatic carbocycles. The van der Waals surface area contributed by atoms with Crippen LogP contribution in [0.1, 0.15) is 215 Å². The Morgan fingerprint density at radius 3 is 1.42 bits per heavy atom. The molecule has 0 radical (unpaired) electrons. The first-order valence-electron chi connectivity index (χ1n) is 27.1. The number of aryl methyl sites for hydroxylation is 6. The number of benzene rings is 6. The highest BCUT2D eigenvalue weighted by Crippen LogP contribution is 2.58. The van der Waals surface area contributed by atoms with Gasteiger partial charge in [-0.3, -0.25) is 0 Å². The molecule has 0 heterocycles. The van der Waals surface area contributed by atoms with E-state index in [-0.39, 0.29) is 10.8 Å². The summed E-state index contributed by atoms with van der Waals surface area (Å²) in [7, 11) is 0.